The van der Waals surface area contributed by atoms with Crippen molar-refractivity contribution in [2.45, 2.75) is 12.8 Å². The van der Waals surface area contributed by atoms with Gasteiger partial charge in [-0.15, -0.1) is 0 Å². The van der Waals surface area contributed by atoms with Crippen LogP contribution >= 0.6 is 0 Å². The molecule has 0 spiro atoms. The molecule has 1 aliphatic rings. The number of amides is 2. The molecule has 4 aromatic carbocycles. The fourth-order valence-electron chi connectivity index (χ4n) is 4.46. The van der Waals surface area contributed by atoms with Crippen LogP contribution in [0.15, 0.2) is 103 Å². The molecule has 1 saturated heterocycles. The number of carbonyl (C=O) groups is 2. The van der Waals surface area contributed by atoms with Gasteiger partial charge in [0.25, 0.3) is 11.8 Å². The first-order chi connectivity index (χ1) is 17.2. The third kappa shape index (κ3) is 5.09. The molecule has 5 nitrogen and oxygen atoms in total. The van der Waals surface area contributed by atoms with Crippen LogP contribution in [-0.2, 0) is 0 Å². The van der Waals surface area contributed by atoms with E-state index in [1.165, 1.54) is 12.8 Å². The van der Waals surface area contributed by atoms with Gasteiger partial charge in [-0.25, -0.2) is 0 Å². The summed E-state index contributed by atoms with van der Waals surface area (Å²) in [5.74, 6) is -0.370. The molecule has 4 aromatic rings. The Morgan fingerprint density at radius 1 is 0.629 bits per heavy atom. The van der Waals surface area contributed by atoms with Crippen molar-refractivity contribution in [2.24, 2.45) is 0 Å². The monoisotopic (exact) mass is 461 g/mol. The first-order valence-electron chi connectivity index (χ1n) is 11.9. The summed E-state index contributed by atoms with van der Waals surface area (Å²) < 4.78 is 0. The van der Waals surface area contributed by atoms with E-state index in [9.17, 15) is 9.59 Å². The van der Waals surface area contributed by atoms with Gasteiger partial charge >= 0.3 is 0 Å². The molecule has 0 aromatic heterocycles. The Hall–Kier alpha value is -4.38. The van der Waals surface area contributed by atoms with Crippen molar-refractivity contribution in [3.63, 3.8) is 0 Å². The molecule has 5 rings (SSSR count). The Morgan fingerprint density at radius 3 is 2.06 bits per heavy atom. The van der Waals surface area contributed by atoms with Gasteiger partial charge in [0.15, 0.2) is 0 Å². The Bertz CT molecular complexity index is 1330. The van der Waals surface area contributed by atoms with E-state index in [2.05, 4.69) is 15.5 Å². The first-order valence-corrected chi connectivity index (χ1v) is 11.9. The van der Waals surface area contributed by atoms with Crippen LogP contribution in [0.4, 0.5) is 17.1 Å². The average Bonchev–Trinajstić information content (AvgIpc) is 3.45. The third-order valence-corrected chi connectivity index (χ3v) is 6.26. The fraction of sp³-hybridized carbons (Fsp3) is 0.133. The van der Waals surface area contributed by atoms with Crippen molar-refractivity contribution in [3.05, 3.63) is 114 Å². The van der Waals surface area contributed by atoms with E-state index in [-0.39, 0.29) is 11.8 Å². The molecule has 1 fully saturated rings. The summed E-state index contributed by atoms with van der Waals surface area (Å²) in [7, 11) is 0. The molecule has 0 atom stereocenters. The molecule has 0 saturated carbocycles. The molecule has 0 radical (unpaired) electrons. The number of anilines is 3. The van der Waals surface area contributed by atoms with Crippen molar-refractivity contribution in [2.75, 3.05) is 28.6 Å². The molecule has 1 heterocycles. The lowest BCUT2D eigenvalue weighted by Gasteiger charge is -2.21. The van der Waals surface area contributed by atoms with Gasteiger partial charge in [-0.2, -0.15) is 0 Å². The number of nitrogens with one attached hydrogen (secondary N) is 2. The zero-order chi connectivity index (χ0) is 24.0. The maximum atomic E-state index is 13.0. The van der Waals surface area contributed by atoms with E-state index in [0.717, 1.165) is 35.6 Å². The second kappa shape index (κ2) is 10.3. The molecule has 5 heteroatoms. The topological polar surface area (TPSA) is 61.4 Å². The molecule has 0 aliphatic carbocycles. The number of benzene rings is 4. The van der Waals surface area contributed by atoms with Gasteiger partial charge in [-0.05, 0) is 66.4 Å². The number of carbonyl (C=O) groups excluding carboxylic acids is 2. The second-order valence-corrected chi connectivity index (χ2v) is 8.61. The van der Waals surface area contributed by atoms with Crippen LogP contribution in [0.25, 0.3) is 11.1 Å². The van der Waals surface area contributed by atoms with Gasteiger partial charge in [0.2, 0.25) is 0 Å². The SMILES string of the molecule is O=C(Nc1ccccc1N1CCCC1)c1ccc(NC(=O)c2ccccc2-c2ccccc2)cc1. The molecule has 2 amide bonds. The summed E-state index contributed by atoms with van der Waals surface area (Å²) in [5.41, 5.74) is 5.49. The summed E-state index contributed by atoms with van der Waals surface area (Å²) in [5, 5.41) is 6.00. The van der Waals surface area contributed by atoms with Crippen LogP contribution < -0.4 is 15.5 Å². The van der Waals surface area contributed by atoms with E-state index in [4.69, 9.17) is 0 Å². The number of hydrogen-bond donors (Lipinski definition) is 2. The van der Waals surface area contributed by atoms with Crippen LogP contribution in [0, 0.1) is 0 Å². The van der Waals surface area contributed by atoms with Crippen LogP contribution in [0.2, 0.25) is 0 Å². The summed E-state index contributed by atoms with van der Waals surface area (Å²) >= 11 is 0. The first kappa shape index (κ1) is 22.4. The van der Waals surface area contributed by atoms with Gasteiger partial charge in [0.1, 0.15) is 0 Å². The highest BCUT2D eigenvalue weighted by molar-refractivity contribution is 6.09. The zero-order valence-corrected chi connectivity index (χ0v) is 19.4. The Morgan fingerprint density at radius 2 is 1.29 bits per heavy atom. The van der Waals surface area contributed by atoms with Crippen LogP contribution in [0.3, 0.4) is 0 Å². The molecule has 0 unspecified atom stereocenters. The highest BCUT2D eigenvalue weighted by atomic mass is 16.2. The molecular formula is C30H27N3O2. The maximum Gasteiger partial charge on any atom is 0.256 e. The summed E-state index contributed by atoms with van der Waals surface area (Å²) in [4.78, 5) is 28.3. The molecular weight excluding hydrogens is 434 g/mol. The predicted molar refractivity (Wildman–Crippen MR) is 142 cm³/mol. The van der Waals surface area contributed by atoms with Crippen molar-refractivity contribution in [1.82, 2.24) is 0 Å². The Labute approximate surface area is 205 Å². The van der Waals surface area contributed by atoms with Crippen molar-refractivity contribution in [1.29, 1.82) is 0 Å². The third-order valence-electron chi connectivity index (χ3n) is 6.26. The van der Waals surface area contributed by atoms with Crippen molar-refractivity contribution >= 4 is 28.9 Å². The highest BCUT2D eigenvalue weighted by Crippen LogP contribution is 2.29. The Kier molecular flexibility index (Phi) is 6.57. The second-order valence-electron chi connectivity index (χ2n) is 8.61. The molecule has 1 aliphatic heterocycles. The standard InChI is InChI=1S/C30H27N3O2/c34-29(32-27-14-6-7-15-28(27)33-20-8-9-21-33)23-16-18-24(19-17-23)31-30(35)26-13-5-4-12-25(26)22-10-2-1-3-11-22/h1-7,10-19H,8-9,20-21H2,(H,31,35)(H,32,34). The maximum absolute atomic E-state index is 13.0. The van der Waals surface area contributed by atoms with Crippen LogP contribution in [-0.4, -0.2) is 24.9 Å². The summed E-state index contributed by atoms with van der Waals surface area (Å²) in [6.07, 6.45) is 2.34. The van der Waals surface area contributed by atoms with Gasteiger partial charge in [0, 0.05) is 29.9 Å². The lowest BCUT2D eigenvalue weighted by molar-refractivity contribution is 0.102. The van der Waals surface area contributed by atoms with Crippen molar-refractivity contribution < 1.29 is 9.59 Å². The van der Waals surface area contributed by atoms with E-state index in [1.807, 2.05) is 78.9 Å². The predicted octanol–water partition coefficient (Wildman–Crippen LogP) is 6.46. The van der Waals surface area contributed by atoms with Gasteiger partial charge < -0.3 is 15.5 Å². The number of rotatable bonds is 6. The summed E-state index contributed by atoms with van der Waals surface area (Å²) in [6.45, 7) is 2.02. The lowest BCUT2D eigenvalue weighted by Crippen LogP contribution is -2.21. The largest absolute Gasteiger partial charge is 0.370 e. The van der Waals surface area contributed by atoms with Gasteiger partial charge in [-0.1, -0.05) is 60.7 Å². The average molecular weight is 462 g/mol. The Balaban J connectivity index is 1.28. The lowest BCUT2D eigenvalue weighted by atomic mass is 9.99. The molecule has 174 valence electrons. The number of para-hydroxylation sites is 2. The van der Waals surface area contributed by atoms with E-state index in [0.29, 0.717) is 16.8 Å². The van der Waals surface area contributed by atoms with E-state index < -0.39 is 0 Å². The molecule has 35 heavy (non-hydrogen) atoms. The van der Waals surface area contributed by atoms with E-state index >= 15 is 0 Å². The number of hydrogen-bond acceptors (Lipinski definition) is 3. The minimum absolute atomic E-state index is 0.177. The molecule has 0 bridgehead atoms. The fourth-order valence-corrected chi connectivity index (χ4v) is 4.46. The normalized spacial score (nSPS) is 12.9. The van der Waals surface area contributed by atoms with Crippen LogP contribution in [0.1, 0.15) is 33.6 Å². The van der Waals surface area contributed by atoms with Gasteiger partial charge in [0.05, 0.1) is 11.4 Å². The molecule has 2 N–H and O–H groups in total. The minimum atomic E-state index is -0.193. The zero-order valence-electron chi connectivity index (χ0n) is 19.4. The van der Waals surface area contributed by atoms with Crippen LogP contribution in [0.5, 0.6) is 0 Å². The quantitative estimate of drug-likeness (QED) is 0.346. The summed E-state index contributed by atoms with van der Waals surface area (Å²) in [6, 6.07) is 32.3. The van der Waals surface area contributed by atoms with Crippen molar-refractivity contribution in [3.8, 4) is 11.1 Å². The highest BCUT2D eigenvalue weighted by Gasteiger charge is 2.17. The van der Waals surface area contributed by atoms with Gasteiger partial charge in [-0.3, -0.25) is 9.59 Å². The minimum Gasteiger partial charge on any atom is -0.370 e. The number of nitrogens with zero attached hydrogens (tertiary/aromatic N) is 1. The van der Waals surface area contributed by atoms with E-state index in [1.54, 1.807) is 24.3 Å². The smallest absolute Gasteiger partial charge is 0.256 e.